The number of carbonyl (C=O) groups excluding carboxylic acids is 2. The SMILES string of the molecule is CCOCCN1C(=O)CSC1c1ccc(NC(C)=O)cc1. The summed E-state index contributed by atoms with van der Waals surface area (Å²) in [6.45, 7) is 5.25. The van der Waals surface area contributed by atoms with Crippen LogP contribution in [0.4, 0.5) is 5.69 Å². The van der Waals surface area contributed by atoms with Crippen LogP contribution in [0.3, 0.4) is 0 Å². The molecule has 0 saturated carbocycles. The lowest BCUT2D eigenvalue weighted by molar-refractivity contribution is -0.128. The molecule has 1 fully saturated rings. The fourth-order valence-corrected chi connectivity index (χ4v) is 3.43. The molecule has 1 heterocycles. The van der Waals surface area contributed by atoms with E-state index >= 15 is 0 Å². The number of benzene rings is 1. The molecule has 0 aliphatic carbocycles. The van der Waals surface area contributed by atoms with E-state index in [-0.39, 0.29) is 17.2 Å². The maximum absolute atomic E-state index is 12.0. The van der Waals surface area contributed by atoms with Crippen molar-refractivity contribution in [1.29, 1.82) is 0 Å². The molecule has 1 N–H and O–H groups in total. The van der Waals surface area contributed by atoms with Gasteiger partial charge >= 0.3 is 0 Å². The van der Waals surface area contributed by atoms with Crippen molar-refractivity contribution < 1.29 is 14.3 Å². The Bertz CT molecular complexity index is 504. The predicted octanol–water partition coefficient (Wildman–Crippen LogP) is 2.26. The third-order valence-corrected chi connectivity index (χ3v) is 4.42. The summed E-state index contributed by atoms with van der Waals surface area (Å²) < 4.78 is 5.34. The van der Waals surface area contributed by atoms with E-state index in [1.54, 1.807) is 11.8 Å². The van der Waals surface area contributed by atoms with E-state index in [0.717, 1.165) is 11.3 Å². The highest BCUT2D eigenvalue weighted by Gasteiger charge is 2.32. The molecular weight excluding hydrogens is 288 g/mol. The molecule has 0 radical (unpaired) electrons. The third-order valence-electron chi connectivity index (χ3n) is 3.16. The monoisotopic (exact) mass is 308 g/mol. The van der Waals surface area contributed by atoms with Gasteiger partial charge < -0.3 is 15.0 Å². The van der Waals surface area contributed by atoms with E-state index in [4.69, 9.17) is 4.74 Å². The van der Waals surface area contributed by atoms with Crippen molar-refractivity contribution >= 4 is 29.3 Å². The minimum absolute atomic E-state index is 0.0318. The smallest absolute Gasteiger partial charge is 0.233 e. The van der Waals surface area contributed by atoms with Crippen LogP contribution in [0.1, 0.15) is 24.8 Å². The summed E-state index contributed by atoms with van der Waals surface area (Å²) in [5, 5.41) is 2.77. The lowest BCUT2D eigenvalue weighted by Gasteiger charge is -2.24. The standard InChI is InChI=1S/C15H20N2O3S/c1-3-20-9-8-17-14(19)10-21-15(17)12-4-6-13(7-5-12)16-11(2)18/h4-7,15H,3,8-10H2,1-2H3,(H,16,18). The van der Waals surface area contributed by atoms with Gasteiger partial charge in [-0.25, -0.2) is 0 Å². The van der Waals surface area contributed by atoms with Crippen molar-refractivity contribution in [2.24, 2.45) is 0 Å². The Morgan fingerprint density at radius 1 is 1.43 bits per heavy atom. The summed E-state index contributed by atoms with van der Waals surface area (Å²) in [6.07, 6.45) is 0. The van der Waals surface area contributed by atoms with Crippen molar-refractivity contribution in [2.75, 3.05) is 30.8 Å². The van der Waals surface area contributed by atoms with Crippen molar-refractivity contribution in [3.63, 3.8) is 0 Å². The number of nitrogens with zero attached hydrogens (tertiary/aromatic N) is 1. The highest BCUT2D eigenvalue weighted by atomic mass is 32.2. The number of carbonyl (C=O) groups is 2. The van der Waals surface area contributed by atoms with Crippen molar-refractivity contribution in [1.82, 2.24) is 4.90 Å². The summed E-state index contributed by atoms with van der Waals surface area (Å²) in [6, 6.07) is 7.63. The van der Waals surface area contributed by atoms with Crippen molar-refractivity contribution in [3.8, 4) is 0 Å². The molecule has 0 bridgehead atoms. The molecule has 1 aliphatic heterocycles. The average Bonchev–Trinajstić information content (AvgIpc) is 2.81. The molecule has 21 heavy (non-hydrogen) atoms. The van der Waals surface area contributed by atoms with E-state index in [0.29, 0.717) is 25.5 Å². The topological polar surface area (TPSA) is 58.6 Å². The molecule has 2 rings (SSSR count). The van der Waals surface area contributed by atoms with E-state index in [2.05, 4.69) is 5.32 Å². The van der Waals surface area contributed by atoms with Crippen LogP contribution in [0.2, 0.25) is 0 Å². The molecule has 1 saturated heterocycles. The number of amides is 2. The van der Waals surface area contributed by atoms with E-state index in [1.165, 1.54) is 6.92 Å². The van der Waals surface area contributed by atoms with E-state index < -0.39 is 0 Å². The Balaban J connectivity index is 2.04. The summed E-state index contributed by atoms with van der Waals surface area (Å²) in [5.41, 5.74) is 1.83. The minimum Gasteiger partial charge on any atom is -0.380 e. The van der Waals surface area contributed by atoms with Crippen LogP contribution >= 0.6 is 11.8 Å². The second-order valence-electron chi connectivity index (χ2n) is 4.75. The van der Waals surface area contributed by atoms with Gasteiger partial charge in [-0.2, -0.15) is 0 Å². The molecule has 2 amide bonds. The van der Waals surface area contributed by atoms with E-state index in [1.807, 2.05) is 36.1 Å². The highest BCUT2D eigenvalue weighted by molar-refractivity contribution is 8.00. The van der Waals surface area contributed by atoms with Crippen LogP contribution in [-0.2, 0) is 14.3 Å². The molecule has 0 spiro atoms. The molecule has 114 valence electrons. The molecule has 0 aromatic heterocycles. The Morgan fingerprint density at radius 2 is 2.14 bits per heavy atom. The van der Waals surface area contributed by atoms with Crippen LogP contribution in [0.15, 0.2) is 24.3 Å². The fourth-order valence-electron chi connectivity index (χ4n) is 2.21. The second-order valence-corrected chi connectivity index (χ2v) is 5.82. The van der Waals surface area contributed by atoms with Gasteiger partial charge in [-0.1, -0.05) is 12.1 Å². The van der Waals surface area contributed by atoms with Gasteiger partial charge in [0.15, 0.2) is 0 Å². The van der Waals surface area contributed by atoms with Crippen LogP contribution in [0, 0.1) is 0 Å². The molecule has 5 nitrogen and oxygen atoms in total. The zero-order chi connectivity index (χ0) is 15.2. The van der Waals surface area contributed by atoms with Gasteiger partial charge in [0.25, 0.3) is 0 Å². The number of nitrogens with one attached hydrogen (secondary N) is 1. The van der Waals surface area contributed by atoms with Crippen LogP contribution in [-0.4, -0.2) is 42.2 Å². The quantitative estimate of drug-likeness (QED) is 0.819. The number of rotatable bonds is 6. The number of hydrogen-bond acceptors (Lipinski definition) is 4. The van der Waals surface area contributed by atoms with Crippen molar-refractivity contribution in [3.05, 3.63) is 29.8 Å². The minimum atomic E-state index is -0.0912. The lowest BCUT2D eigenvalue weighted by Crippen LogP contribution is -2.31. The van der Waals surface area contributed by atoms with Gasteiger partial charge in [0.1, 0.15) is 5.37 Å². The third kappa shape index (κ3) is 4.22. The molecule has 1 unspecified atom stereocenters. The first kappa shape index (κ1) is 15.9. The van der Waals surface area contributed by atoms with Crippen LogP contribution < -0.4 is 5.32 Å². The van der Waals surface area contributed by atoms with Gasteiger partial charge in [0.2, 0.25) is 11.8 Å². The number of thioether (sulfide) groups is 1. The summed E-state index contributed by atoms with van der Waals surface area (Å²) in [4.78, 5) is 24.8. The largest absolute Gasteiger partial charge is 0.380 e. The first-order chi connectivity index (χ1) is 10.1. The van der Waals surface area contributed by atoms with Gasteiger partial charge in [-0.15, -0.1) is 11.8 Å². The summed E-state index contributed by atoms with van der Waals surface area (Å²) >= 11 is 1.62. The first-order valence-electron chi connectivity index (χ1n) is 6.98. The lowest BCUT2D eigenvalue weighted by atomic mass is 10.2. The Labute approximate surface area is 129 Å². The fraction of sp³-hybridized carbons (Fsp3) is 0.467. The number of anilines is 1. The molecule has 1 aromatic rings. The summed E-state index contributed by atoms with van der Waals surface area (Å²) in [5.74, 6) is 0.562. The maximum atomic E-state index is 12.0. The van der Waals surface area contributed by atoms with Gasteiger partial charge in [0, 0.05) is 25.8 Å². The van der Waals surface area contributed by atoms with Gasteiger partial charge in [-0.3, -0.25) is 9.59 Å². The van der Waals surface area contributed by atoms with Gasteiger partial charge in [0.05, 0.1) is 12.4 Å². The highest BCUT2D eigenvalue weighted by Crippen LogP contribution is 2.38. The first-order valence-corrected chi connectivity index (χ1v) is 8.03. The Kier molecular flexibility index (Phi) is 5.64. The zero-order valence-electron chi connectivity index (χ0n) is 12.3. The Morgan fingerprint density at radius 3 is 2.76 bits per heavy atom. The zero-order valence-corrected chi connectivity index (χ0v) is 13.1. The molecular formula is C15H20N2O3S. The van der Waals surface area contributed by atoms with Gasteiger partial charge in [-0.05, 0) is 24.6 Å². The van der Waals surface area contributed by atoms with Crippen LogP contribution in [0.25, 0.3) is 0 Å². The number of hydrogen-bond donors (Lipinski definition) is 1. The molecule has 1 atom stereocenters. The number of ether oxygens (including phenoxy) is 1. The molecule has 6 heteroatoms. The predicted molar refractivity (Wildman–Crippen MR) is 84.2 cm³/mol. The Hall–Kier alpha value is -1.53. The average molecular weight is 308 g/mol. The van der Waals surface area contributed by atoms with Crippen LogP contribution in [0.5, 0.6) is 0 Å². The van der Waals surface area contributed by atoms with Crippen molar-refractivity contribution in [2.45, 2.75) is 19.2 Å². The maximum Gasteiger partial charge on any atom is 0.233 e. The molecule has 1 aromatic carbocycles. The molecule has 1 aliphatic rings. The normalized spacial score (nSPS) is 18.1. The second kappa shape index (κ2) is 7.47. The summed E-state index contributed by atoms with van der Waals surface area (Å²) in [7, 11) is 0. The van der Waals surface area contributed by atoms with E-state index in [9.17, 15) is 9.59 Å².